The number of hydrogen-bond donors (Lipinski definition) is 3. The van der Waals surface area contributed by atoms with Crippen LogP contribution in [-0.2, 0) is 0 Å². The van der Waals surface area contributed by atoms with Gasteiger partial charge in [0.1, 0.15) is 12.4 Å². The van der Waals surface area contributed by atoms with Gasteiger partial charge in [-0.15, -0.1) is 0 Å². The third kappa shape index (κ3) is 2.64. The lowest BCUT2D eigenvalue weighted by Gasteiger charge is -2.22. The molecule has 84 valence electrons. The summed E-state index contributed by atoms with van der Waals surface area (Å²) in [6.45, 7) is -1.34. The minimum Gasteiger partial charge on any atom is -0.508 e. The second-order valence-corrected chi connectivity index (χ2v) is 3.96. The van der Waals surface area contributed by atoms with E-state index in [1.807, 2.05) is 0 Å². The Balaban J connectivity index is 3.10. The molecule has 1 rings (SSSR count). The maximum Gasteiger partial charge on any atom is 0.289 e. The number of aromatic hydroxyl groups is 1. The maximum absolute atomic E-state index is 13.1. The van der Waals surface area contributed by atoms with Crippen LogP contribution in [0.25, 0.3) is 0 Å². The number of rotatable bonds is 3. The van der Waals surface area contributed by atoms with Crippen molar-refractivity contribution in [3.8, 4) is 5.75 Å². The average molecular weight is 282 g/mol. The molecule has 0 unspecified atom stereocenters. The summed E-state index contributed by atoms with van der Waals surface area (Å²) in [5, 5.41) is 17.6. The van der Waals surface area contributed by atoms with Crippen LogP contribution in [0, 0.1) is 0 Å². The summed E-state index contributed by atoms with van der Waals surface area (Å²) in [7, 11) is 0. The Hall–Kier alpha value is -0.720. The molecular formula is C9H10BrF2NO2. The second kappa shape index (κ2) is 4.42. The van der Waals surface area contributed by atoms with E-state index < -0.39 is 18.6 Å². The van der Waals surface area contributed by atoms with Gasteiger partial charge in [0.15, 0.2) is 0 Å². The van der Waals surface area contributed by atoms with E-state index in [-0.39, 0.29) is 11.3 Å². The minimum absolute atomic E-state index is 0.0500. The van der Waals surface area contributed by atoms with Gasteiger partial charge in [-0.1, -0.05) is 15.9 Å². The first kappa shape index (κ1) is 12.4. The number of nitrogens with two attached hydrogens (primary N) is 1. The van der Waals surface area contributed by atoms with Crippen molar-refractivity contribution in [1.82, 2.24) is 0 Å². The van der Waals surface area contributed by atoms with Crippen LogP contribution in [0.5, 0.6) is 5.75 Å². The Morgan fingerprint density at radius 3 is 2.60 bits per heavy atom. The van der Waals surface area contributed by atoms with Gasteiger partial charge in [0, 0.05) is 4.47 Å². The highest BCUT2D eigenvalue weighted by Gasteiger charge is 2.38. The molecule has 0 aromatic heterocycles. The van der Waals surface area contributed by atoms with Gasteiger partial charge in [0.25, 0.3) is 5.92 Å². The molecule has 0 aliphatic rings. The van der Waals surface area contributed by atoms with Crippen LogP contribution in [0.3, 0.4) is 0 Å². The van der Waals surface area contributed by atoms with Gasteiger partial charge in [-0.2, -0.15) is 0 Å². The van der Waals surface area contributed by atoms with Crippen molar-refractivity contribution in [2.75, 3.05) is 6.61 Å². The van der Waals surface area contributed by atoms with Crippen molar-refractivity contribution in [2.45, 2.75) is 12.0 Å². The lowest BCUT2D eigenvalue weighted by molar-refractivity contribution is -0.0713. The summed E-state index contributed by atoms with van der Waals surface area (Å²) in [4.78, 5) is 0. The Labute approximate surface area is 93.7 Å². The number of aliphatic hydroxyl groups excluding tert-OH is 1. The third-order valence-corrected chi connectivity index (χ3v) is 2.70. The molecular weight excluding hydrogens is 272 g/mol. The summed E-state index contributed by atoms with van der Waals surface area (Å²) in [5.74, 6) is -3.58. The lowest BCUT2D eigenvalue weighted by Crippen LogP contribution is -2.36. The number of halogens is 3. The highest BCUT2D eigenvalue weighted by atomic mass is 79.9. The van der Waals surface area contributed by atoms with E-state index in [9.17, 15) is 8.78 Å². The highest BCUT2D eigenvalue weighted by molar-refractivity contribution is 9.10. The quantitative estimate of drug-likeness (QED) is 0.791. The maximum atomic E-state index is 13.1. The number of benzene rings is 1. The van der Waals surface area contributed by atoms with Crippen LogP contribution in [0.2, 0.25) is 0 Å². The van der Waals surface area contributed by atoms with Crippen molar-refractivity contribution in [3.63, 3.8) is 0 Å². The first-order valence-electron chi connectivity index (χ1n) is 4.11. The fourth-order valence-corrected chi connectivity index (χ4v) is 1.59. The smallest absolute Gasteiger partial charge is 0.289 e. The van der Waals surface area contributed by atoms with Crippen molar-refractivity contribution in [2.24, 2.45) is 5.73 Å². The fourth-order valence-electron chi connectivity index (χ4n) is 1.10. The molecule has 0 bridgehead atoms. The Bertz CT molecular complexity index is 360. The Morgan fingerprint density at radius 2 is 2.07 bits per heavy atom. The summed E-state index contributed by atoms with van der Waals surface area (Å²) in [6, 6.07) is 2.23. The molecule has 0 saturated carbocycles. The summed E-state index contributed by atoms with van der Waals surface area (Å²) >= 11 is 3.05. The van der Waals surface area contributed by atoms with Crippen LogP contribution < -0.4 is 5.73 Å². The van der Waals surface area contributed by atoms with Crippen LogP contribution in [0.4, 0.5) is 8.78 Å². The molecule has 3 nitrogen and oxygen atoms in total. The molecule has 0 radical (unpaired) electrons. The number of aliphatic hydroxyl groups is 1. The molecule has 0 saturated heterocycles. The molecule has 0 fully saturated rings. The highest BCUT2D eigenvalue weighted by Crippen LogP contribution is 2.34. The monoisotopic (exact) mass is 281 g/mol. The zero-order valence-corrected chi connectivity index (χ0v) is 9.21. The molecule has 15 heavy (non-hydrogen) atoms. The molecule has 0 amide bonds. The standard InChI is InChI=1S/C9H10BrF2NO2/c10-7-2-1-5(15)3-6(7)8(13)9(11,12)4-14/h1-3,8,14-15H,4,13H2/t8-/m0/s1. The summed E-state index contributed by atoms with van der Waals surface area (Å²) < 4.78 is 26.5. The normalized spacial score (nSPS) is 13.9. The van der Waals surface area contributed by atoms with Crippen LogP contribution in [0.1, 0.15) is 11.6 Å². The van der Waals surface area contributed by atoms with Crippen molar-refractivity contribution in [1.29, 1.82) is 0 Å². The zero-order chi connectivity index (χ0) is 11.6. The molecule has 1 atom stereocenters. The first-order valence-corrected chi connectivity index (χ1v) is 4.90. The number of hydrogen-bond acceptors (Lipinski definition) is 3. The zero-order valence-electron chi connectivity index (χ0n) is 7.62. The summed E-state index contributed by atoms with van der Waals surface area (Å²) in [6.07, 6.45) is 0. The van der Waals surface area contributed by atoms with Gasteiger partial charge in [0.2, 0.25) is 0 Å². The van der Waals surface area contributed by atoms with Gasteiger partial charge in [-0.05, 0) is 23.8 Å². The molecule has 6 heteroatoms. The van der Waals surface area contributed by atoms with Gasteiger partial charge in [-0.3, -0.25) is 0 Å². The molecule has 0 aliphatic heterocycles. The third-order valence-electron chi connectivity index (χ3n) is 1.98. The molecule has 0 spiro atoms. The van der Waals surface area contributed by atoms with Crippen LogP contribution in [-0.4, -0.2) is 22.7 Å². The van der Waals surface area contributed by atoms with E-state index in [0.717, 1.165) is 6.07 Å². The molecule has 0 heterocycles. The van der Waals surface area contributed by atoms with Crippen molar-refractivity contribution < 1.29 is 19.0 Å². The molecule has 1 aromatic rings. The van der Waals surface area contributed by atoms with Gasteiger partial charge >= 0.3 is 0 Å². The van der Waals surface area contributed by atoms with E-state index in [1.165, 1.54) is 12.1 Å². The predicted molar refractivity (Wildman–Crippen MR) is 54.8 cm³/mol. The number of phenolic OH excluding ortho intramolecular Hbond substituents is 1. The van der Waals surface area contributed by atoms with E-state index in [2.05, 4.69) is 15.9 Å². The van der Waals surface area contributed by atoms with Gasteiger partial charge < -0.3 is 15.9 Å². The SMILES string of the molecule is N[C@@H](c1cc(O)ccc1Br)C(F)(F)CO. The van der Waals surface area contributed by atoms with Crippen LogP contribution in [0.15, 0.2) is 22.7 Å². The Morgan fingerprint density at radius 1 is 1.47 bits per heavy atom. The predicted octanol–water partition coefficient (Wildman–Crippen LogP) is 1.78. The molecule has 0 aliphatic carbocycles. The Kier molecular flexibility index (Phi) is 3.64. The summed E-state index contributed by atoms with van der Waals surface area (Å²) in [5.41, 5.74) is 5.35. The minimum atomic E-state index is -3.42. The molecule has 4 N–H and O–H groups in total. The van der Waals surface area contributed by atoms with Gasteiger partial charge in [-0.25, -0.2) is 8.78 Å². The van der Waals surface area contributed by atoms with Crippen molar-refractivity contribution >= 4 is 15.9 Å². The van der Waals surface area contributed by atoms with E-state index in [0.29, 0.717) is 4.47 Å². The molecule has 1 aromatic carbocycles. The average Bonchev–Trinajstić information content (AvgIpc) is 2.20. The number of alkyl halides is 2. The lowest BCUT2D eigenvalue weighted by atomic mass is 10.0. The van der Waals surface area contributed by atoms with E-state index in [4.69, 9.17) is 15.9 Å². The van der Waals surface area contributed by atoms with Gasteiger partial charge in [0.05, 0.1) is 6.04 Å². The van der Waals surface area contributed by atoms with E-state index in [1.54, 1.807) is 0 Å². The topological polar surface area (TPSA) is 66.5 Å². The second-order valence-electron chi connectivity index (χ2n) is 3.10. The number of phenols is 1. The van der Waals surface area contributed by atoms with Crippen LogP contribution >= 0.6 is 15.9 Å². The largest absolute Gasteiger partial charge is 0.508 e. The van der Waals surface area contributed by atoms with Crippen molar-refractivity contribution in [3.05, 3.63) is 28.2 Å². The fraction of sp³-hybridized carbons (Fsp3) is 0.333. The van der Waals surface area contributed by atoms with E-state index >= 15 is 0 Å². The first-order chi connectivity index (χ1) is 6.88.